The number of hydrogen-bond acceptors (Lipinski definition) is 8. The molecule has 0 amide bonds. The quantitative estimate of drug-likeness (QED) is 0.126. The molecular weight excluding hydrogens is 1100 g/mol. The third kappa shape index (κ3) is 9.44. The van der Waals surface area contributed by atoms with Gasteiger partial charge in [-0.15, -0.1) is 0 Å². The van der Waals surface area contributed by atoms with Crippen molar-refractivity contribution in [3.05, 3.63) is 303 Å². The number of aromatic nitrogens is 6. The summed E-state index contributed by atoms with van der Waals surface area (Å²) in [7, 11) is 0. The van der Waals surface area contributed by atoms with E-state index in [1.54, 1.807) is 0 Å². The lowest BCUT2D eigenvalue weighted by Gasteiger charge is -2.14. The Kier molecular flexibility index (Phi) is 12.7. The lowest BCUT2D eigenvalue weighted by atomic mass is 9.92. The number of benzene rings is 13. The molecule has 420 valence electrons. The number of rotatable bonds is 11. The van der Waals surface area contributed by atoms with Crippen LogP contribution in [0.5, 0.6) is 0 Å². The summed E-state index contributed by atoms with van der Waals surface area (Å²) in [6.07, 6.45) is 0. The Morgan fingerprint density at radius 3 is 0.989 bits per heavy atom. The van der Waals surface area contributed by atoms with Gasteiger partial charge in [-0.2, -0.15) is 0 Å². The van der Waals surface area contributed by atoms with Gasteiger partial charge in [0, 0.05) is 54.9 Å². The van der Waals surface area contributed by atoms with Crippen LogP contribution in [0.3, 0.4) is 0 Å². The molecule has 0 aliphatic heterocycles. The van der Waals surface area contributed by atoms with E-state index < -0.39 is 0 Å². The lowest BCUT2D eigenvalue weighted by Crippen LogP contribution is -2.00. The second kappa shape index (κ2) is 21.9. The summed E-state index contributed by atoms with van der Waals surface area (Å²) in [5, 5.41) is 6.53. The highest BCUT2D eigenvalue weighted by atomic mass is 16.3. The van der Waals surface area contributed by atoms with Crippen LogP contribution in [0.25, 0.3) is 179 Å². The molecule has 0 aliphatic carbocycles. The molecule has 0 radical (unpaired) electrons. The van der Waals surface area contributed by atoms with Crippen molar-refractivity contribution in [3.63, 3.8) is 0 Å². The molecule has 13 aromatic carbocycles. The van der Waals surface area contributed by atoms with Crippen LogP contribution < -0.4 is 0 Å². The van der Waals surface area contributed by atoms with Crippen LogP contribution in [-0.4, -0.2) is 29.9 Å². The van der Waals surface area contributed by atoms with Gasteiger partial charge in [0.05, 0.1) is 0 Å². The molecule has 4 aromatic heterocycles. The van der Waals surface area contributed by atoms with Crippen molar-refractivity contribution >= 4 is 54.6 Å². The van der Waals surface area contributed by atoms with E-state index in [9.17, 15) is 0 Å². The number of fused-ring (bicyclic) bond motifs is 7. The van der Waals surface area contributed by atoms with Gasteiger partial charge in [-0.1, -0.05) is 267 Å². The van der Waals surface area contributed by atoms with Gasteiger partial charge < -0.3 is 8.83 Å². The first-order chi connectivity index (χ1) is 44.6. The van der Waals surface area contributed by atoms with Gasteiger partial charge in [-0.25, -0.2) is 29.9 Å². The highest BCUT2D eigenvalue weighted by Crippen LogP contribution is 2.43. The molecule has 0 aliphatic rings. The molecule has 0 bridgehead atoms. The minimum atomic E-state index is 0.588. The zero-order valence-electron chi connectivity index (χ0n) is 48.4. The van der Waals surface area contributed by atoms with Crippen molar-refractivity contribution in [1.29, 1.82) is 0 Å². The van der Waals surface area contributed by atoms with Crippen molar-refractivity contribution in [1.82, 2.24) is 29.9 Å². The molecule has 0 saturated carbocycles. The third-order valence-corrected chi connectivity index (χ3v) is 17.1. The fourth-order valence-electron chi connectivity index (χ4n) is 12.6. The van der Waals surface area contributed by atoms with Crippen LogP contribution in [0.2, 0.25) is 0 Å². The van der Waals surface area contributed by atoms with E-state index in [1.165, 1.54) is 0 Å². The van der Waals surface area contributed by atoms with Crippen LogP contribution in [0, 0.1) is 0 Å². The Balaban J connectivity index is 0.666. The number of para-hydroxylation sites is 2. The fourth-order valence-corrected chi connectivity index (χ4v) is 12.6. The maximum Gasteiger partial charge on any atom is 0.164 e. The molecular formula is C82H50N6O2. The molecule has 0 spiro atoms. The minimum absolute atomic E-state index is 0.588. The summed E-state index contributed by atoms with van der Waals surface area (Å²) in [6, 6.07) is 105. The van der Waals surface area contributed by atoms with Gasteiger partial charge in [-0.3, -0.25) is 0 Å². The van der Waals surface area contributed by atoms with E-state index in [-0.39, 0.29) is 0 Å². The topological polar surface area (TPSA) is 104 Å². The van der Waals surface area contributed by atoms with Gasteiger partial charge in [0.25, 0.3) is 0 Å². The van der Waals surface area contributed by atoms with E-state index in [2.05, 4.69) is 224 Å². The molecule has 8 nitrogen and oxygen atoms in total. The smallest absolute Gasteiger partial charge is 0.164 e. The normalized spacial score (nSPS) is 11.6. The lowest BCUT2D eigenvalue weighted by molar-refractivity contribution is 0.668. The van der Waals surface area contributed by atoms with Crippen molar-refractivity contribution in [2.45, 2.75) is 0 Å². The van der Waals surface area contributed by atoms with Crippen molar-refractivity contribution in [2.75, 3.05) is 0 Å². The summed E-state index contributed by atoms with van der Waals surface area (Å²) >= 11 is 0. The minimum Gasteiger partial charge on any atom is -0.456 e. The summed E-state index contributed by atoms with van der Waals surface area (Å²) in [6.45, 7) is 0. The van der Waals surface area contributed by atoms with E-state index in [1.807, 2.05) is 78.9 Å². The van der Waals surface area contributed by atoms with Gasteiger partial charge in [0.1, 0.15) is 22.3 Å². The summed E-state index contributed by atoms with van der Waals surface area (Å²) in [5.41, 5.74) is 19.8. The first-order valence-electron chi connectivity index (χ1n) is 30.1. The Bertz CT molecular complexity index is 5570. The third-order valence-electron chi connectivity index (χ3n) is 17.1. The zero-order chi connectivity index (χ0) is 59.5. The maximum absolute atomic E-state index is 6.32. The van der Waals surface area contributed by atoms with Gasteiger partial charge >= 0.3 is 0 Å². The molecule has 0 atom stereocenters. The highest BCUT2D eigenvalue weighted by Gasteiger charge is 2.21. The molecule has 0 N–H and O–H groups in total. The van der Waals surface area contributed by atoms with Gasteiger partial charge in [-0.05, 0) is 103 Å². The largest absolute Gasteiger partial charge is 0.456 e. The van der Waals surface area contributed by atoms with Crippen LogP contribution in [-0.2, 0) is 0 Å². The van der Waals surface area contributed by atoms with Crippen molar-refractivity contribution in [2.24, 2.45) is 0 Å². The average Bonchev–Trinajstić information content (AvgIpc) is 2.57. The monoisotopic (exact) mass is 1150 g/mol. The summed E-state index contributed by atoms with van der Waals surface area (Å²) in [5.74, 6) is 3.58. The van der Waals surface area contributed by atoms with E-state index in [0.29, 0.717) is 34.9 Å². The molecule has 90 heavy (non-hydrogen) atoms. The van der Waals surface area contributed by atoms with Crippen LogP contribution in [0.1, 0.15) is 0 Å². The molecule has 17 aromatic rings. The number of furan rings is 2. The molecule has 4 heterocycles. The first-order valence-corrected chi connectivity index (χ1v) is 30.1. The summed E-state index contributed by atoms with van der Waals surface area (Å²) < 4.78 is 12.6. The Morgan fingerprint density at radius 2 is 0.478 bits per heavy atom. The van der Waals surface area contributed by atoms with E-state index in [4.69, 9.17) is 38.7 Å². The first kappa shape index (κ1) is 52.1. The zero-order valence-corrected chi connectivity index (χ0v) is 48.4. The second-order valence-corrected chi connectivity index (χ2v) is 22.5. The van der Waals surface area contributed by atoms with Crippen LogP contribution in [0.15, 0.2) is 312 Å². The fraction of sp³-hybridized carbons (Fsp3) is 0. The molecule has 0 unspecified atom stereocenters. The highest BCUT2D eigenvalue weighted by molar-refractivity contribution is 6.17. The molecule has 17 rings (SSSR count). The Morgan fingerprint density at radius 1 is 0.167 bits per heavy atom. The second-order valence-electron chi connectivity index (χ2n) is 22.5. The molecule has 8 heteroatoms. The van der Waals surface area contributed by atoms with Crippen molar-refractivity contribution < 1.29 is 8.83 Å². The van der Waals surface area contributed by atoms with Gasteiger partial charge in [0.15, 0.2) is 34.9 Å². The summed E-state index contributed by atoms with van der Waals surface area (Å²) in [4.78, 5) is 31.0. The average molecular weight is 1150 g/mol. The number of hydrogen-bond donors (Lipinski definition) is 0. The van der Waals surface area contributed by atoms with E-state index in [0.717, 1.165) is 144 Å². The Labute approximate surface area is 517 Å². The van der Waals surface area contributed by atoms with Gasteiger partial charge in [0.2, 0.25) is 0 Å². The van der Waals surface area contributed by atoms with Crippen molar-refractivity contribution in [3.8, 4) is 124 Å². The number of nitrogens with zero attached hydrogens (tertiary/aromatic N) is 6. The molecule has 0 saturated heterocycles. The predicted octanol–water partition coefficient (Wildman–Crippen LogP) is 21.3. The SMILES string of the molecule is c1ccc(-c2cccc(-c3nc(-c4ccc(-c5ccc(-c6ccc(-c7nc(-c8ccccc8)nc(-c8ccc(-c9cccc%10oc%11ccccc%11c9%10)c9ccccc89)n7)cc6)cc5)cc4)nc(-c4ccc(-c5cccc6oc7ccccc7c56)cc4)n3)c2)cc1. The van der Waals surface area contributed by atoms with Crippen LogP contribution in [0.4, 0.5) is 0 Å². The van der Waals surface area contributed by atoms with Crippen LogP contribution >= 0.6 is 0 Å². The molecule has 0 fully saturated rings. The Hall–Kier alpha value is -12.3. The maximum atomic E-state index is 6.32. The standard InChI is InChI=1S/C82H50N6O2/c1-3-16-51(17-4-1)61-20-13-21-62(50-61)81-85-78(84-79(86-81)60-46-40-56(41-47-60)63-26-14-30-73-75(63)69-24-9-11-28-71(69)89-73)58-42-36-54(37-43-58)52-32-34-53(35-33-52)55-38-44-59(45-39-55)80-83-77(57-18-5-2-6-19-57)87-82(88-80)68-49-48-66(64-22-7-8-23-65(64)68)67-27-15-31-74-76(67)70-25-10-12-29-72(70)90-74/h1-50H. The van der Waals surface area contributed by atoms with E-state index >= 15 is 0 Å². The predicted molar refractivity (Wildman–Crippen MR) is 365 cm³/mol.